The van der Waals surface area contributed by atoms with Crippen LogP contribution in [-0.4, -0.2) is 48.1 Å². The molecule has 0 aliphatic rings. The second kappa shape index (κ2) is 11.5. The summed E-state index contributed by atoms with van der Waals surface area (Å²) in [5.74, 6) is 0.249. The van der Waals surface area contributed by atoms with E-state index in [9.17, 15) is 13.2 Å². The summed E-state index contributed by atoms with van der Waals surface area (Å²) in [4.78, 5) is 12.3. The first-order chi connectivity index (χ1) is 15.5. The molecule has 3 aromatic rings. The molecule has 8 nitrogen and oxygen atoms in total. The summed E-state index contributed by atoms with van der Waals surface area (Å²) in [6.45, 7) is 4.38. The number of rotatable bonds is 12. The van der Waals surface area contributed by atoms with Crippen molar-refractivity contribution in [2.45, 2.75) is 22.3 Å². The van der Waals surface area contributed by atoms with Crippen LogP contribution >= 0.6 is 11.8 Å². The molecular weight excluding hydrogens is 450 g/mol. The fourth-order valence-corrected chi connectivity index (χ4v) is 4.78. The molecule has 3 rings (SSSR count). The molecule has 2 aromatic carbocycles. The quantitative estimate of drug-likeness (QED) is 0.171. The van der Waals surface area contributed by atoms with Gasteiger partial charge in [0.05, 0.1) is 10.6 Å². The molecule has 0 bridgehead atoms. The summed E-state index contributed by atoms with van der Waals surface area (Å²) in [5.41, 5.74) is 0. The minimum absolute atomic E-state index is 0.00600. The summed E-state index contributed by atoms with van der Waals surface area (Å²) in [7, 11) is -3.58. The largest absolute Gasteiger partial charge is 0.490 e. The Morgan fingerprint density at radius 3 is 2.41 bits per heavy atom. The van der Waals surface area contributed by atoms with Gasteiger partial charge < -0.3 is 14.0 Å². The second-order valence-electron chi connectivity index (χ2n) is 6.54. The van der Waals surface area contributed by atoms with Crippen LogP contribution in [0, 0.1) is 0 Å². The van der Waals surface area contributed by atoms with Crippen molar-refractivity contribution in [2.75, 3.05) is 19.0 Å². The second-order valence-corrected chi connectivity index (χ2v) is 9.47. The van der Waals surface area contributed by atoms with E-state index < -0.39 is 15.8 Å². The van der Waals surface area contributed by atoms with Gasteiger partial charge in [0.15, 0.2) is 15.0 Å². The van der Waals surface area contributed by atoms with Crippen molar-refractivity contribution >= 4 is 27.6 Å². The highest BCUT2D eigenvalue weighted by Crippen LogP contribution is 2.21. The first-order valence-electron chi connectivity index (χ1n) is 9.76. The predicted molar refractivity (Wildman–Crippen MR) is 121 cm³/mol. The average Bonchev–Trinajstić information content (AvgIpc) is 3.17. The highest BCUT2D eigenvalue weighted by atomic mass is 32.2. The van der Waals surface area contributed by atoms with E-state index in [4.69, 9.17) is 9.47 Å². The average molecular weight is 474 g/mol. The number of ether oxygens (including phenoxy) is 2. The standard InChI is InChI=1S/C22H23N3O5S2/c1-2-13-25-20(17-32(27,28)19-11-7-4-8-12-19)23-24-22(25)31-16-21(26)30-15-14-29-18-9-5-3-6-10-18/h2-12H,1,13-17H2. The van der Waals surface area contributed by atoms with Crippen LogP contribution in [0.1, 0.15) is 5.82 Å². The SMILES string of the molecule is C=CCn1c(CS(=O)(=O)c2ccccc2)nnc1SCC(=O)OCCOc1ccccc1. The van der Waals surface area contributed by atoms with Crippen molar-refractivity contribution in [1.29, 1.82) is 0 Å². The van der Waals surface area contributed by atoms with Crippen molar-refractivity contribution in [3.8, 4) is 5.75 Å². The molecule has 32 heavy (non-hydrogen) atoms. The first-order valence-corrected chi connectivity index (χ1v) is 12.4. The van der Waals surface area contributed by atoms with Gasteiger partial charge in [-0.2, -0.15) is 0 Å². The Balaban J connectivity index is 1.54. The van der Waals surface area contributed by atoms with E-state index in [0.717, 1.165) is 11.8 Å². The van der Waals surface area contributed by atoms with Crippen molar-refractivity contribution < 1.29 is 22.7 Å². The molecule has 1 aromatic heterocycles. The van der Waals surface area contributed by atoms with E-state index in [2.05, 4.69) is 16.8 Å². The lowest BCUT2D eigenvalue weighted by atomic mass is 10.3. The molecule has 0 atom stereocenters. The predicted octanol–water partition coefficient (Wildman–Crippen LogP) is 3.15. The number of thioether (sulfide) groups is 1. The Hall–Kier alpha value is -3.11. The molecular formula is C22H23N3O5S2. The lowest BCUT2D eigenvalue weighted by molar-refractivity contribution is -0.141. The third-order valence-electron chi connectivity index (χ3n) is 4.20. The van der Waals surface area contributed by atoms with Gasteiger partial charge >= 0.3 is 5.97 Å². The minimum atomic E-state index is -3.58. The van der Waals surface area contributed by atoms with E-state index in [1.165, 1.54) is 12.1 Å². The molecule has 10 heteroatoms. The maximum atomic E-state index is 12.7. The van der Waals surface area contributed by atoms with Gasteiger partial charge in [-0.25, -0.2) is 8.42 Å². The zero-order valence-electron chi connectivity index (χ0n) is 17.3. The fourth-order valence-electron chi connectivity index (χ4n) is 2.72. The van der Waals surface area contributed by atoms with E-state index in [1.54, 1.807) is 28.8 Å². The molecule has 0 spiro atoms. The van der Waals surface area contributed by atoms with Crippen molar-refractivity contribution in [3.63, 3.8) is 0 Å². The lowest BCUT2D eigenvalue weighted by Gasteiger charge is -2.09. The van der Waals surface area contributed by atoms with Crippen molar-refractivity contribution in [3.05, 3.63) is 79.1 Å². The van der Waals surface area contributed by atoms with Crippen LogP contribution in [0.2, 0.25) is 0 Å². The minimum Gasteiger partial charge on any atom is -0.490 e. The molecule has 0 N–H and O–H groups in total. The number of hydrogen-bond donors (Lipinski definition) is 0. The van der Waals surface area contributed by atoms with Gasteiger partial charge in [0.2, 0.25) is 0 Å². The molecule has 0 saturated carbocycles. The maximum absolute atomic E-state index is 12.7. The Bertz CT molecular complexity index is 1130. The van der Waals surface area contributed by atoms with Crippen LogP contribution < -0.4 is 4.74 Å². The summed E-state index contributed by atoms with van der Waals surface area (Å²) in [6, 6.07) is 17.4. The molecule has 0 amide bonds. The number of hydrogen-bond acceptors (Lipinski definition) is 8. The number of para-hydroxylation sites is 1. The van der Waals surface area contributed by atoms with Crippen LogP contribution in [0.5, 0.6) is 5.75 Å². The zero-order valence-corrected chi connectivity index (χ0v) is 18.9. The zero-order chi connectivity index (χ0) is 22.8. The number of aromatic nitrogens is 3. The number of carbonyl (C=O) groups is 1. The maximum Gasteiger partial charge on any atom is 0.316 e. The summed E-state index contributed by atoms with van der Waals surface area (Å²) >= 11 is 1.12. The fraction of sp³-hybridized carbons (Fsp3) is 0.227. The first kappa shape index (κ1) is 23.6. The Morgan fingerprint density at radius 1 is 1.03 bits per heavy atom. The van der Waals surface area contributed by atoms with Crippen LogP contribution in [0.3, 0.4) is 0 Å². The number of sulfone groups is 1. The normalized spacial score (nSPS) is 11.1. The lowest BCUT2D eigenvalue weighted by Crippen LogP contribution is -2.14. The van der Waals surface area contributed by atoms with Gasteiger partial charge in [-0.15, -0.1) is 16.8 Å². The third-order valence-corrected chi connectivity index (χ3v) is 6.77. The Morgan fingerprint density at radius 2 is 1.72 bits per heavy atom. The summed E-state index contributed by atoms with van der Waals surface area (Å²) in [6.07, 6.45) is 1.62. The van der Waals surface area contributed by atoms with Crippen LogP contribution in [0.4, 0.5) is 0 Å². The number of carbonyl (C=O) groups excluding carboxylic acids is 1. The number of benzene rings is 2. The smallest absolute Gasteiger partial charge is 0.316 e. The molecule has 0 saturated heterocycles. The Kier molecular flexibility index (Phi) is 8.46. The molecule has 0 aliphatic heterocycles. The summed E-state index contributed by atoms with van der Waals surface area (Å²) in [5, 5.41) is 8.49. The van der Waals surface area contributed by atoms with Crippen LogP contribution in [0.25, 0.3) is 0 Å². The highest BCUT2D eigenvalue weighted by Gasteiger charge is 2.21. The van der Waals surface area contributed by atoms with Crippen LogP contribution in [-0.2, 0) is 31.7 Å². The number of allylic oxidation sites excluding steroid dienone is 1. The van der Waals surface area contributed by atoms with Gasteiger partial charge in [0, 0.05) is 6.54 Å². The van der Waals surface area contributed by atoms with E-state index in [1.807, 2.05) is 30.3 Å². The van der Waals surface area contributed by atoms with Crippen molar-refractivity contribution in [2.24, 2.45) is 0 Å². The van der Waals surface area contributed by atoms with Crippen molar-refractivity contribution in [1.82, 2.24) is 14.8 Å². The van der Waals surface area contributed by atoms with Gasteiger partial charge in [0.25, 0.3) is 0 Å². The highest BCUT2D eigenvalue weighted by molar-refractivity contribution is 7.99. The van der Waals surface area contributed by atoms with E-state index in [0.29, 0.717) is 17.5 Å². The summed E-state index contributed by atoms with van der Waals surface area (Å²) < 4.78 is 37.6. The molecule has 0 aliphatic carbocycles. The molecule has 168 valence electrons. The monoisotopic (exact) mass is 473 g/mol. The Labute approximate surface area is 191 Å². The van der Waals surface area contributed by atoms with E-state index >= 15 is 0 Å². The molecule has 0 unspecified atom stereocenters. The molecule has 1 heterocycles. The van der Waals surface area contributed by atoms with Gasteiger partial charge in [-0.1, -0.05) is 54.2 Å². The third kappa shape index (κ3) is 6.69. The van der Waals surface area contributed by atoms with E-state index in [-0.39, 0.29) is 35.4 Å². The van der Waals surface area contributed by atoms with Gasteiger partial charge in [0.1, 0.15) is 30.5 Å². The van der Waals surface area contributed by atoms with Gasteiger partial charge in [-0.05, 0) is 24.3 Å². The molecule has 0 radical (unpaired) electrons. The van der Waals surface area contributed by atoms with Crippen LogP contribution in [0.15, 0.2) is 83.4 Å². The topological polar surface area (TPSA) is 100 Å². The number of esters is 1. The number of nitrogens with zero attached hydrogens (tertiary/aromatic N) is 3. The molecule has 0 fully saturated rings. The van der Waals surface area contributed by atoms with Gasteiger partial charge in [-0.3, -0.25) is 4.79 Å².